The highest BCUT2D eigenvalue weighted by Gasteiger charge is 2.06. The number of nitrogens with two attached hydrogens (primary N) is 1. The molecule has 0 atom stereocenters. The molecule has 0 bridgehead atoms. The molecule has 1 rings (SSSR count). The summed E-state index contributed by atoms with van der Waals surface area (Å²) in [4.78, 5) is 0. The van der Waals surface area contributed by atoms with Crippen molar-refractivity contribution in [3.8, 4) is 5.75 Å². The fourth-order valence-electron chi connectivity index (χ4n) is 0.737. The van der Waals surface area contributed by atoms with E-state index in [1.807, 2.05) is 0 Å². The summed E-state index contributed by atoms with van der Waals surface area (Å²) >= 11 is 0. The Morgan fingerprint density at radius 1 is 1.27 bits per heavy atom. The third-order valence-corrected chi connectivity index (χ3v) is 1.34. The van der Waals surface area contributed by atoms with Gasteiger partial charge in [-0.2, -0.15) is 0 Å². The summed E-state index contributed by atoms with van der Waals surface area (Å²) in [6, 6.07) is 1.59. The Balaban J connectivity index is 3.21. The van der Waals surface area contributed by atoms with Gasteiger partial charge in [0.1, 0.15) is 5.82 Å². The maximum Gasteiger partial charge on any atom is 0.167 e. The summed E-state index contributed by atoms with van der Waals surface area (Å²) in [5.41, 5.74) is 5.20. The van der Waals surface area contributed by atoms with Crippen molar-refractivity contribution < 1.29 is 13.9 Å². The molecule has 0 aromatic heterocycles. The van der Waals surface area contributed by atoms with Crippen molar-refractivity contribution in [2.75, 3.05) is 0 Å². The lowest BCUT2D eigenvalue weighted by atomic mass is 10.2. The Hall–Kier alpha value is -1.16. The highest BCUT2D eigenvalue weighted by atomic mass is 19.1. The molecule has 0 fully saturated rings. The van der Waals surface area contributed by atoms with Crippen LogP contribution in [0.1, 0.15) is 5.56 Å². The van der Waals surface area contributed by atoms with Gasteiger partial charge < -0.3 is 10.8 Å². The molecule has 60 valence electrons. The van der Waals surface area contributed by atoms with Crippen LogP contribution in [0.25, 0.3) is 0 Å². The number of benzene rings is 1. The highest BCUT2D eigenvalue weighted by molar-refractivity contribution is 5.30. The van der Waals surface area contributed by atoms with Crippen LogP contribution in [0, 0.1) is 11.6 Å². The maximum absolute atomic E-state index is 12.6. The molecule has 0 saturated heterocycles. The molecule has 3 N–H and O–H groups in total. The van der Waals surface area contributed by atoms with E-state index in [0.717, 1.165) is 6.07 Å². The molecule has 4 heteroatoms. The first-order valence-electron chi connectivity index (χ1n) is 3.02. The van der Waals surface area contributed by atoms with Crippen molar-refractivity contribution >= 4 is 0 Å². The number of phenolic OH excluding ortho intramolecular Hbond substituents is 1. The van der Waals surface area contributed by atoms with Crippen LogP contribution in [0.15, 0.2) is 12.1 Å². The van der Waals surface area contributed by atoms with Crippen molar-refractivity contribution in [3.05, 3.63) is 29.3 Å². The van der Waals surface area contributed by atoms with Crippen LogP contribution in [0.4, 0.5) is 8.78 Å². The minimum absolute atomic E-state index is 0.0559. The molecule has 0 amide bonds. The van der Waals surface area contributed by atoms with E-state index in [2.05, 4.69) is 0 Å². The lowest BCUT2D eigenvalue weighted by Gasteiger charge is -2.00. The van der Waals surface area contributed by atoms with Crippen LogP contribution in [0.5, 0.6) is 5.75 Å². The molecule has 0 aliphatic carbocycles. The maximum atomic E-state index is 12.6. The number of aromatic hydroxyl groups is 1. The molecule has 0 radical (unpaired) electrons. The molecule has 0 heterocycles. The second kappa shape index (κ2) is 2.84. The van der Waals surface area contributed by atoms with E-state index < -0.39 is 17.4 Å². The summed E-state index contributed by atoms with van der Waals surface area (Å²) in [7, 11) is 0. The fraction of sp³-hybridized carbons (Fsp3) is 0.143. The van der Waals surface area contributed by atoms with Crippen molar-refractivity contribution in [2.24, 2.45) is 5.73 Å². The van der Waals surface area contributed by atoms with Gasteiger partial charge in [0.2, 0.25) is 0 Å². The number of phenols is 1. The van der Waals surface area contributed by atoms with Gasteiger partial charge >= 0.3 is 0 Å². The van der Waals surface area contributed by atoms with Gasteiger partial charge in [-0.15, -0.1) is 0 Å². The largest absolute Gasteiger partial charge is 0.505 e. The number of rotatable bonds is 1. The second-order valence-corrected chi connectivity index (χ2v) is 2.10. The lowest BCUT2D eigenvalue weighted by molar-refractivity contribution is 0.426. The zero-order valence-electron chi connectivity index (χ0n) is 5.64. The van der Waals surface area contributed by atoms with Gasteiger partial charge in [0, 0.05) is 18.2 Å². The lowest BCUT2D eigenvalue weighted by Crippen LogP contribution is -2.00. The van der Waals surface area contributed by atoms with E-state index in [9.17, 15) is 8.78 Å². The minimum Gasteiger partial charge on any atom is -0.505 e. The molecular formula is C7H7F2NO. The quantitative estimate of drug-likeness (QED) is 0.645. The zero-order chi connectivity index (χ0) is 8.43. The number of hydrogen-bond donors (Lipinski definition) is 2. The SMILES string of the molecule is NCc1cc(O)c(F)cc1F. The van der Waals surface area contributed by atoms with E-state index in [4.69, 9.17) is 10.8 Å². The van der Waals surface area contributed by atoms with E-state index in [-0.39, 0.29) is 12.1 Å². The van der Waals surface area contributed by atoms with Gasteiger partial charge in [0.05, 0.1) is 0 Å². The van der Waals surface area contributed by atoms with E-state index in [1.54, 1.807) is 0 Å². The van der Waals surface area contributed by atoms with E-state index in [1.165, 1.54) is 0 Å². The van der Waals surface area contributed by atoms with Crippen molar-refractivity contribution in [1.29, 1.82) is 0 Å². The predicted octanol–water partition coefficient (Wildman–Crippen LogP) is 1.13. The summed E-state index contributed by atoms with van der Waals surface area (Å²) in [6.07, 6.45) is 0. The molecule has 2 nitrogen and oxygen atoms in total. The molecular weight excluding hydrogens is 152 g/mol. The van der Waals surface area contributed by atoms with Crippen LogP contribution in [-0.4, -0.2) is 5.11 Å². The number of hydrogen-bond acceptors (Lipinski definition) is 2. The van der Waals surface area contributed by atoms with E-state index in [0.29, 0.717) is 6.07 Å². The van der Waals surface area contributed by atoms with Crippen LogP contribution >= 0.6 is 0 Å². The van der Waals surface area contributed by atoms with Gasteiger partial charge in [-0.25, -0.2) is 8.78 Å². The predicted molar refractivity (Wildman–Crippen MR) is 35.9 cm³/mol. The van der Waals surface area contributed by atoms with Crippen molar-refractivity contribution in [3.63, 3.8) is 0 Å². The molecule has 1 aromatic rings. The minimum atomic E-state index is -0.973. The highest BCUT2D eigenvalue weighted by Crippen LogP contribution is 2.19. The Morgan fingerprint density at radius 3 is 2.45 bits per heavy atom. The molecule has 11 heavy (non-hydrogen) atoms. The first-order valence-corrected chi connectivity index (χ1v) is 3.02. The Kier molecular flexibility index (Phi) is 2.05. The van der Waals surface area contributed by atoms with Crippen LogP contribution in [-0.2, 0) is 6.54 Å². The summed E-state index contributed by atoms with van der Waals surface area (Å²) in [5.74, 6) is -2.28. The second-order valence-electron chi connectivity index (χ2n) is 2.10. The van der Waals surface area contributed by atoms with Crippen LogP contribution in [0.3, 0.4) is 0 Å². The first-order chi connectivity index (χ1) is 5.15. The van der Waals surface area contributed by atoms with E-state index >= 15 is 0 Å². The van der Waals surface area contributed by atoms with Crippen LogP contribution < -0.4 is 5.73 Å². The normalized spacial score (nSPS) is 10.1. The fourth-order valence-corrected chi connectivity index (χ4v) is 0.737. The van der Waals surface area contributed by atoms with Crippen LogP contribution in [0.2, 0.25) is 0 Å². The Morgan fingerprint density at radius 2 is 1.91 bits per heavy atom. The zero-order valence-corrected chi connectivity index (χ0v) is 5.64. The van der Waals surface area contributed by atoms with Gasteiger partial charge in [-0.05, 0) is 6.07 Å². The molecule has 0 unspecified atom stereocenters. The third-order valence-electron chi connectivity index (χ3n) is 1.34. The Labute approximate surface area is 62.3 Å². The third kappa shape index (κ3) is 1.46. The molecule has 1 aromatic carbocycles. The summed E-state index contributed by atoms with van der Waals surface area (Å²) in [6.45, 7) is -0.0559. The van der Waals surface area contributed by atoms with Gasteiger partial charge in [0.15, 0.2) is 11.6 Å². The molecule has 0 aliphatic rings. The monoisotopic (exact) mass is 159 g/mol. The number of halogens is 2. The smallest absolute Gasteiger partial charge is 0.167 e. The topological polar surface area (TPSA) is 46.2 Å². The summed E-state index contributed by atoms with van der Waals surface area (Å²) in [5, 5.41) is 8.76. The van der Waals surface area contributed by atoms with Crippen molar-refractivity contribution in [1.82, 2.24) is 0 Å². The molecule has 0 spiro atoms. The van der Waals surface area contributed by atoms with Gasteiger partial charge in [-0.3, -0.25) is 0 Å². The summed E-state index contributed by atoms with van der Waals surface area (Å²) < 4.78 is 25.0. The van der Waals surface area contributed by atoms with Gasteiger partial charge in [-0.1, -0.05) is 0 Å². The molecule has 0 saturated carbocycles. The average Bonchev–Trinajstić information content (AvgIpc) is 1.97. The molecule has 0 aliphatic heterocycles. The Bertz CT molecular complexity index is 275. The standard InChI is InChI=1S/C7H7F2NO/c8-5-2-6(9)7(11)1-4(5)3-10/h1-2,11H,3,10H2. The van der Waals surface area contributed by atoms with Crippen molar-refractivity contribution in [2.45, 2.75) is 6.54 Å². The average molecular weight is 159 g/mol. The first kappa shape index (κ1) is 7.94. The van der Waals surface area contributed by atoms with Gasteiger partial charge in [0.25, 0.3) is 0 Å².